The first-order valence-corrected chi connectivity index (χ1v) is 9.94. The average Bonchev–Trinajstić information content (AvgIpc) is 2.60. The highest BCUT2D eigenvalue weighted by Crippen LogP contribution is 2.42. The molecule has 24 heavy (non-hydrogen) atoms. The second-order valence-corrected chi connectivity index (χ2v) is 7.40. The maximum atomic E-state index is 5.81. The predicted molar refractivity (Wildman–Crippen MR) is 102 cm³/mol. The van der Waals surface area contributed by atoms with Crippen molar-refractivity contribution in [1.29, 1.82) is 0 Å². The van der Waals surface area contributed by atoms with Gasteiger partial charge < -0.3 is 9.47 Å². The summed E-state index contributed by atoms with van der Waals surface area (Å²) in [6.07, 6.45) is 14.0. The van der Waals surface area contributed by atoms with Crippen LogP contribution in [0.4, 0.5) is 0 Å². The molecule has 1 fully saturated rings. The van der Waals surface area contributed by atoms with Gasteiger partial charge in [0, 0.05) is 7.11 Å². The molecule has 0 N–H and O–H groups in total. The molecule has 0 bridgehead atoms. The standard InChI is InChI=1S/C22H36O2/c1-4-5-6-7-8-9-10-19-17-20(22(19)24-3)14-11-18-12-15-21(23-2)16-13-18/h12-13,15-16,19-20,22H,4-11,14,17H2,1-3H3/t19?,20-,22?/m1/s1. The zero-order valence-electron chi connectivity index (χ0n) is 15.9. The van der Waals surface area contributed by atoms with Crippen LogP contribution in [0, 0.1) is 11.8 Å². The smallest absolute Gasteiger partial charge is 0.118 e. The molecule has 0 amide bonds. The molecule has 2 unspecified atom stereocenters. The van der Waals surface area contributed by atoms with Gasteiger partial charge in [0.15, 0.2) is 0 Å². The third-order valence-electron chi connectivity index (χ3n) is 5.70. The fraction of sp³-hybridized carbons (Fsp3) is 0.727. The third-order valence-corrected chi connectivity index (χ3v) is 5.70. The Morgan fingerprint density at radius 2 is 1.54 bits per heavy atom. The zero-order valence-corrected chi connectivity index (χ0v) is 15.9. The van der Waals surface area contributed by atoms with Crippen LogP contribution >= 0.6 is 0 Å². The van der Waals surface area contributed by atoms with Crippen LogP contribution in [-0.2, 0) is 11.2 Å². The van der Waals surface area contributed by atoms with E-state index in [9.17, 15) is 0 Å². The summed E-state index contributed by atoms with van der Waals surface area (Å²) in [6.45, 7) is 2.28. The average molecular weight is 333 g/mol. The molecule has 1 saturated carbocycles. The van der Waals surface area contributed by atoms with Gasteiger partial charge >= 0.3 is 0 Å². The number of unbranched alkanes of at least 4 members (excludes halogenated alkanes) is 5. The van der Waals surface area contributed by atoms with Crippen LogP contribution in [0.3, 0.4) is 0 Å². The summed E-state index contributed by atoms with van der Waals surface area (Å²) in [5.41, 5.74) is 1.41. The summed E-state index contributed by atoms with van der Waals surface area (Å²) in [5.74, 6) is 2.50. The summed E-state index contributed by atoms with van der Waals surface area (Å²) in [6, 6.07) is 8.50. The Bertz CT molecular complexity index is 440. The number of ether oxygens (including phenoxy) is 2. The van der Waals surface area contributed by atoms with Gasteiger partial charge in [0.05, 0.1) is 13.2 Å². The maximum absolute atomic E-state index is 5.81. The van der Waals surface area contributed by atoms with Crippen LogP contribution < -0.4 is 4.74 Å². The SMILES string of the molecule is CCCCCCCCC1C[C@@H](CCc2ccc(OC)cc2)C1OC. The molecule has 1 aromatic rings. The van der Waals surface area contributed by atoms with Crippen LogP contribution in [-0.4, -0.2) is 20.3 Å². The number of rotatable bonds is 12. The zero-order chi connectivity index (χ0) is 17.2. The van der Waals surface area contributed by atoms with Crippen LogP contribution in [0.2, 0.25) is 0 Å². The topological polar surface area (TPSA) is 18.5 Å². The molecule has 136 valence electrons. The molecule has 0 aromatic heterocycles. The van der Waals surface area contributed by atoms with Crippen molar-refractivity contribution in [2.24, 2.45) is 11.8 Å². The normalized spacial score (nSPS) is 23.0. The van der Waals surface area contributed by atoms with E-state index >= 15 is 0 Å². The van der Waals surface area contributed by atoms with Gasteiger partial charge in [0.2, 0.25) is 0 Å². The Kier molecular flexibility index (Phi) is 8.66. The predicted octanol–water partition coefficient (Wildman–Crippen LogP) is 6.03. The molecule has 0 saturated heterocycles. The summed E-state index contributed by atoms with van der Waals surface area (Å²) < 4.78 is 11.0. The Morgan fingerprint density at radius 3 is 2.21 bits per heavy atom. The van der Waals surface area contributed by atoms with Gasteiger partial charge in [-0.15, -0.1) is 0 Å². The van der Waals surface area contributed by atoms with Gasteiger partial charge in [-0.05, 0) is 55.2 Å². The van der Waals surface area contributed by atoms with E-state index in [1.807, 2.05) is 7.11 Å². The lowest BCUT2D eigenvalue weighted by molar-refractivity contribution is -0.0784. The van der Waals surface area contributed by atoms with Crippen molar-refractivity contribution in [2.75, 3.05) is 14.2 Å². The van der Waals surface area contributed by atoms with Crippen molar-refractivity contribution in [3.63, 3.8) is 0 Å². The largest absolute Gasteiger partial charge is 0.497 e. The van der Waals surface area contributed by atoms with E-state index in [2.05, 4.69) is 31.2 Å². The van der Waals surface area contributed by atoms with Crippen molar-refractivity contribution >= 4 is 0 Å². The summed E-state index contributed by atoms with van der Waals surface area (Å²) in [4.78, 5) is 0. The highest BCUT2D eigenvalue weighted by molar-refractivity contribution is 5.27. The Morgan fingerprint density at radius 1 is 0.875 bits per heavy atom. The molecule has 1 aromatic carbocycles. The minimum absolute atomic E-state index is 0.499. The number of hydrogen-bond acceptors (Lipinski definition) is 2. The van der Waals surface area contributed by atoms with Gasteiger partial charge in [0.25, 0.3) is 0 Å². The fourth-order valence-electron chi connectivity index (χ4n) is 4.13. The van der Waals surface area contributed by atoms with E-state index in [-0.39, 0.29) is 0 Å². The molecule has 2 heteroatoms. The minimum Gasteiger partial charge on any atom is -0.497 e. The van der Waals surface area contributed by atoms with Crippen LogP contribution in [0.5, 0.6) is 5.75 Å². The molecule has 3 atom stereocenters. The van der Waals surface area contributed by atoms with Crippen molar-refractivity contribution in [1.82, 2.24) is 0 Å². The lowest BCUT2D eigenvalue weighted by Crippen LogP contribution is -2.43. The highest BCUT2D eigenvalue weighted by Gasteiger charge is 2.39. The molecule has 2 nitrogen and oxygen atoms in total. The van der Waals surface area contributed by atoms with E-state index in [0.29, 0.717) is 6.10 Å². The second kappa shape index (κ2) is 10.8. The van der Waals surface area contributed by atoms with Gasteiger partial charge in [-0.3, -0.25) is 0 Å². The van der Waals surface area contributed by atoms with Crippen molar-refractivity contribution in [3.05, 3.63) is 29.8 Å². The highest BCUT2D eigenvalue weighted by atomic mass is 16.5. The van der Waals surface area contributed by atoms with Gasteiger partial charge in [0.1, 0.15) is 5.75 Å². The van der Waals surface area contributed by atoms with Gasteiger partial charge in [-0.1, -0.05) is 57.6 Å². The molecule has 1 aliphatic carbocycles. The summed E-state index contributed by atoms with van der Waals surface area (Å²) >= 11 is 0. The summed E-state index contributed by atoms with van der Waals surface area (Å²) in [7, 11) is 3.62. The lowest BCUT2D eigenvalue weighted by atomic mass is 9.67. The van der Waals surface area contributed by atoms with Crippen LogP contribution in [0.1, 0.15) is 70.3 Å². The van der Waals surface area contributed by atoms with Crippen LogP contribution in [0.15, 0.2) is 24.3 Å². The molecular formula is C22H36O2. The quantitative estimate of drug-likeness (QED) is 0.435. The molecule has 2 rings (SSSR count). The molecule has 1 aliphatic rings. The number of methoxy groups -OCH3 is 2. The molecule has 0 spiro atoms. The van der Waals surface area contributed by atoms with Crippen molar-refractivity contribution < 1.29 is 9.47 Å². The van der Waals surface area contributed by atoms with E-state index in [0.717, 1.165) is 24.0 Å². The van der Waals surface area contributed by atoms with E-state index < -0.39 is 0 Å². The maximum Gasteiger partial charge on any atom is 0.118 e. The van der Waals surface area contributed by atoms with E-state index in [4.69, 9.17) is 9.47 Å². The van der Waals surface area contributed by atoms with Crippen LogP contribution in [0.25, 0.3) is 0 Å². The van der Waals surface area contributed by atoms with Crippen molar-refractivity contribution in [2.45, 2.75) is 77.2 Å². The van der Waals surface area contributed by atoms with E-state index in [1.165, 1.54) is 63.4 Å². The first-order chi connectivity index (χ1) is 11.8. The number of benzene rings is 1. The Hall–Kier alpha value is -1.02. The number of aryl methyl sites for hydroxylation is 1. The Labute approximate surface area is 148 Å². The third kappa shape index (κ3) is 5.81. The second-order valence-electron chi connectivity index (χ2n) is 7.40. The molecular weight excluding hydrogens is 296 g/mol. The fourth-order valence-corrected chi connectivity index (χ4v) is 4.13. The first-order valence-electron chi connectivity index (χ1n) is 9.94. The van der Waals surface area contributed by atoms with Crippen molar-refractivity contribution in [3.8, 4) is 5.75 Å². The summed E-state index contributed by atoms with van der Waals surface area (Å²) in [5, 5.41) is 0. The number of hydrogen-bond donors (Lipinski definition) is 0. The lowest BCUT2D eigenvalue weighted by Gasteiger charge is -2.44. The van der Waals surface area contributed by atoms with E-state index in [1.54, 1.807) is 7.11 Å². The minimum atomic E-state index is 0.499. The van der Waals surface area contributed by atoms with Gasteiger partial charge in [-0.25, -0.2) is 0 Å². The Balaban J connectivity index is 1.62. The first kappa shape index (κ1) is 19.3. The monoisotopic (exact) mass is 332 g/mol. The molecule has 0 radical (unpaired) electrons. The molecule has 0 aliphatic heterocycles. The van der Waals surface area contributed by atoms with Gasteiger partial charge in [-0.2, -0.15) is 0 Å². The molecule has 0 heterocycles.